The number of ether oxygens (including phenoxy) is 1. The maximum atomic E-state index is 13.8. The maximum Gasteiger partial charge on any atom is 0.355 e. The van der Waals surface area contributed by atoms with Gasteiger partial charge in [-0.25, -0.2) is 9.36 Å². The SMILES string of the molecule is CSc1c2sc(C3=C(C(=O)OCc4ccc([N+](=O)[O-])cc4)N4C(=O)[C@H]([C@@H](C)O)[C@H]4[C@H]3C)cn2c[n+]1Cc1cccc(C[N+]23CC[N+](C)(CC2)CC3)c1. The molecule has 4 atom stereocenters. The van der Waals surface area contributed by atoms with E-state index in [1.165, 1.54) is 76.4 Å². The highest BCUT2D eigenvalue weighted by atomic mass is 32.2. The number of β-lactam (4-membered cyclic amide) rings is 1. The zero-order valence-corrected chi connectivity index (χ0v) is 31.6. The molecule has 2 aromatic heterocycles. The summed E-state index contributed by atoms with van der Waals surface area (Å²) in [7, 11) is 2.40. The lowest BCUT2D eigenvalue weighted by molar-refractivity contribution is -1.08. The van der Waals surface area contributed by atoms with Gasteiger partial charge in [-0.3, -0.25) is 14.9 Å². The number of likely N-dealkylation sites (N-methyl/N-ethyl adjacent to an activating group) is 1. The van der Waals surface area contributed by atoms with Crippen LogP contribution in [-0.2, 0) is 34.0 Å². The van der Waals surface area contributed by atoms with Crippen molar-refractivity contribution in [2.24, 2.45) is 11.8 Å². The predicted molar refractivity (Wildman–Crippen MR) is 197 cm³/mol. The molecule has 0 unspecified atom stereocenters. The van der Waals surface area contributed by atoms with E-state index in [9.17, 15) is 24.8 Å². The van der Waals surface area contributed by atoms with Crippen molar-refractivity contribution >= 4 is 51.1 Å². The molecule has 9 rings (SSSR count). The van der Waals surface area contributed by atoms with E-state index in [0.717, 1.165) is 33.4 Å². The monoisotopic (exact) mass is 745 g/mol. The first-order chi connectivity index (χ1) is 24.9. The van der Waals surface area contributed by atoms with Crippen LogP contribution in [0.15, 0.2) is 71.8 Å². The van der Waals surface area contributed by atoms with E-state index in [1.54, 1.807) is 42.2 Å². The highest BCUT2D eigenvalue weighted by Gasteiger charge is 2.60. The van der Waals surface area contributed by atoms with Crippen LogP contribution >= 0.6 is 23.1 Å². The van der Waals surface area contributed by atoms with Gasteiger partial charge >= 0.3 is 5.97 Å². The normalized spacial score (nSPS) is 27.2. The minimum absolute atomic E-state index is 0.0502. The number of thioether (sulfide) groups is 1. The molecule has 12 nitrogen and oxygen atoms in total. The first-order valence-electron chi connectivity index (χ1n) is 17.9. The van der Waals surface area contributed by atoms with Gasteiger partial charge < -0.3 is 23.7 Å². The van der Waals surface area contributed by atoms with E-state index in [1.807, 2.05) is 13.1 Å². The minimum atomic E-state index is -0.855. The third-order valence-corrected chi connectivity index (χ3v) is 14.0. The number of carbonyl (C=O) groups excluding carboxylic acids is 2. The average Bonchev–Trinajstić information content (AvgIpc) is 3.74. The zero-order valence-electron chi connectivity index (χ0n) is 29.9. The number of amides is 1. The highest BCUT2D eigenvalue weighted by molar-refractivity contribution is 7.98. The van der Waals surface area contributed by atoms with Crippen molar-refractivity contribution in [3.63, 3.8) is 0 Å². The molecule has 0 saturated carbocycles. The summed E-state index contributed by atoms with van der Waals surface area (Å²) in [5, 5.41) is 22.7. The van der Waals surface area contributed by atoms with Crippen LogP contribution < -0.4 is 4.57 Å². The molecule has 5 aliphatic rings. The fourth-order valence-electron chi connectivity index (χ4n) is 8.87. The van der Waals surface area contributed by atoms with E-state index < -0.39 is 22.9 Å². The fraction of sp³-hybridized carbons (Fsp3) is 0.447. The van der Waals surface area contributed by atoms with Crippen LogP contribution in [0.3, 0.4) is 0 Å². The van der Waals surface area contributed by atoms with Gasteiger partial charge in [0, 0.05) is 29.2 Å². The molecule has 0 radical (unpaired) electrons. The first-order valence-corrected chi connectivity index (χ1v) is 19.9. The molecule has 4 aromatic rings. The number of non-ortho nitro benzene ring substituents is 1. The van der Waals surface area contributed by atoms with Crippen molar-refractivity contribution in [1.82, 2.24) is 9.30 Å². The van der Waals surface area contributed by atoms with Gasteiger partial charge in [0.15, 0.2) is 0 Å². The van der Waals surface area contributed by atoms with Crippen LogP contribution in [0, 0.1) is 22.0 Å². The summed E-state index contributed by atoms with van der Waals surface area (Å²) in [6.45, 7) is 12.9. The minimum Gasteiger partial charge on any atom is -0.456 e. The van der Waals surface area contributed by atoms with Crippen LogP contribution in [0.4, 0.5) is 5.69 Å². The predicted octanol–water partition coefficient (Wildman–Crippen LogP) is 4.07. The molecule has 2 bridgehead atoms. The summed E-state index contributed by atoms with van der Waals surface area (Å²) in [6, 6.07) is 14.5. The number of nitro benzene ring substituents is 1. The number of hydrogen-bond donors (Lipinski definition) is 1. The van der Waals surface area contributed by atoms with Gasteiger partial charge in [0.25, 0.3) is 12.0 Å². The molecule has 272 valence electrons. The van der Waals surface area contributed by atoms with Crippen molar-refractivity contribution in [2.75, 3.05) is 52.6 Å². The van der Waals surface area contributed by atoms with Crippen molar-refractivity contribution in [3.8, 4) is 0 Å². The van der Waals surface area contributed by atoms with Gasteiger partial charge in [0.1, 0.15) is 70.9 Å². The lowest BCUT2D eigenvalue weighted by atomic mass is 9.77. The number of benzene rings is 2. The Bertz CT molecular complexity index is 2100. The Kier molecular flexibility index (Phi) is 8.81. The smallest absolute Gasteiger partial charge is 0.355 e. The lowest BCUT2D eigenvalue weighted by Crippen LogP contribution is -2.73. The Hall–Kier alpha value is -4.08. The van der Waals surface area contributed by atoms with Crippen molar-refractivity contribution in [2.45, 2.75) is 50.7 Å². The molecular weight excluding hydrogens is 701 g/mol. The number of aliphatic hydroxyl groups is 1. The van der Waals surface area contributed by atoms with E-state index in [2.05, 4.69) is 52.9 Å². The summed E-state index contributed by atoms with van der Waals surface area (Å²) in [5.41, 5.74) is 4.15. The van der Waals surface area contributed by atoms with Gasteiger partial charge in [-0.1, -0.05) is 48.2 Å². The van der Waals surface area contributed by atoms with Gasteiger partial charge in [-0.15, -0.1) is 0 Å². The van der Waals surface area contributed by atoms with Crippen molar-refractivity contribution < 1.29 is 37.9 Å². The largest absolute Gasteiger partial charge is 0.456 e. The number of hydrogen-bond acceptors (Lipinski definition) is 8. The van der Waals surface area contributed by atoms with Crippen LogP contribution in [0.1, 0.15) is 35.4 Å². The third kappa shape index (κ3) is 5.94. The van der Waals surface area contributed by atoms with Crippen molar-refractivity contribution in [3.05, 3.63) is 98.4 Å². The first kappa shape index (κ1) is 35.0. The zero-order chi connectivity index (χ0) is 36.5. The number of esters is 1. The Balaban J connectivity index is 1.07. The second-order valence-electron chi connectivity index (χ2n) is 15.4. The lowest BCUT2D eigenvalue weighted by Gasteiger charge is -2.54. The Labute approximate surface area is 310 Å². The number of nitro groups is 1. The van der Waals surface area contributed by atoms with Crippen LogP contribution in [-0.4, -0.2) is 105 Å². The van der Waals surface area contributed by atoms with Gasteiger partial charge in [-0.2, -0.15) is 4.40 Å². The number of carbonyl (C=O) groups is 2. The molecule has 0 aliphatic carbocycles. The van der Waals surface area contributed by atoms with E-state index in [0.29, 0.717) is 5.56 Å². The number of imidazole rings is 1. The summed E-state index contributed by atoms with van der Waals surface area (Å²) < 4.78 is 12.6. The molecule has 4 fully saturated rings. The highest BCUT2D eigenvalue weighted by Crippen LogP contribution is 2.52. The maximum absolute atomic E-state index is 13.8. The Morgan fingerprint density at radius 1 is 1.12 bits per heavy atom. The number of fused-ring (bicyclic) bond motifs is 5. The van der Waals surface area contributed by atoms with E-state index in [4.69, 9.17) is 4.74 Å². The van der Waals surface area contributed by atoms with Gasteiger partial charge in [-0.05, 0) is 42.5 Å². The molecular formula is C38H45N6O6S2+3. The number of aromatic nitrogens is 2. The van der Waals surface area contributed by atoms with Crippen LogP contribution in [0.25, 0.3) is 10.4 Å². The number of piperazine rings is 3. The molecule has 14 heteroatoms. The third-order valence-electron chi connectivity index (χ3n) is 12.0. The Morgan fingerprint density at radius 3 is 2.46 bits per heavy atom. The molecule has 7 heterocycles. The average molecular weight is 746 g/mol. The molecule has 1 N–H and O–H groups in total. The molecule has 1 amide bonds. The quantitative estimate of drug-likeness (QED) is 0.0468. The topological polar surface area (TPSA) is 118 Å². The second-order valence-corrected chi connectivity index (χ2v) is 17.2. The number of rotatable bonds is 11. The Morgan fingerprint density at radius 2 is 1.81 bits per heavy atom. The van der Waals surface area contributed by atoms with Crippen LogP contribution in [0.5, 0.6) is 0 Å². The molecule has 0 spiro atoms. The van der Waals surface area contributed by atoms with Crippen LogP contribution in [0.2, 0.25) is 0 Å². The van der Waals surface area contributed by atoms with Gasteiger partial charge in [0.05, 0.1) is 34.9 Å². The summed E-state index contributed by atoms with van der Waals surface area (Å²) >= 11 is 3.27. The second kappa shape index (κ2) is 13.1. The number of quaternary nitrogens is 2. The molecule has 5 aliphatic heterocycles. The summed E-state index contributed by atoms with van der Waals surface area (Å²) in [5.74, 6) is -1.75. The summed E-state index contributed by atoms with van der Waals surface area (Å²) in [4.78, 5) is 41.2. The standard InChI is InChI=1S/C38H45N6O6S2/c1-24-31(34(41-33(24)32(25(2)45)35(41)46)38(47)50-22-26-8-10-29(11-9-26)42(48)49)30-20-40-23-39(36(51-4)37(40)52-30)19-27-6-5-7-28(18-27)21-44-15-12-43(3,13-16-44)14-17-44/h5-11,18,20,23-25,32-33,45H,12-17,19,21-22H2,1-4H3/q+3/t24-,25+,32+,33+,43?,44?/m0/s1. The molecule has 4 saturated heterocycles. The number of nitrogens with zero attached hydrogens (tertiary/aromatic N) is 6. The van der Waals surface area contributed by atoms with E-state index in [-0.39, 0.29) is 35.9 Å². The summed E-state index contributed by atoms with van der Waals surface area (Å²) in [6.07, 6.45) is 5.36. The molecule has 2 aromatic carbocycles. The van der Waals surface area contributed by atoms with Crippen molar-refractivity contribution in [1.29, 1.82) is 0 Å². The fourth-order valence-corrected chi connectivity index (χ4v) is 11.0. The molecule has 52 heavy (non-hydrogen) atoms. The number of aliphatic hydroxyl groups excluding tert-OH is 1. The van der Waals surface area contributed by atoms with E-state index >= 15 is 0 Å². The number of thiazole rings is 1. The van der Waals surface area contributed by atoms with Gasteiger partial charge in [0.2, 0.25) is 15.8 Å².